The summed E-state index contributed by atoms with van der Waals surface area (Å²) in [6.07, 6.45) is 1.08. The molecule has 16 heavy (non-hydrogen) atoms. The third-order valence-electron chi connectivity index (χ3n) is 2.86. The standard InChI is InChI=1S/C12H16BrFN2/c1-8(2)16-5-3-4-15-11-7-10(14)9(13)6-12(11)16/h6-8,15H,3-5H2,1-2H3. The molecule has 1 N–H and O–H groups in total. The Balaban J connectivity index is 2.48. The molecule has 1 aromatic carbocycles. The van der Waals surface area contributed by atoms with E-state index in [4.69, 9.17) is 0 Å². The topological polar surface area (TPSA) is 15.3 Å². The van der Waals surface area contributed by atoms with Crippen LogP contribution in [0, 0.1) is 5.82 Å². The maximum atomic E-state index is 13.5. The highest BCUT2D eigenvalue weighted by Gasteiger charge is 2.19. The van der Waals surface area contributed by atoms with E-state index in [1.807, 2.05) is 6.07 Å². The van der Waals surface area contributed by atoms with Gasteiger partial charge in [-0.05, 0) is 42.3 Å². The highest BCUT2D eigenvalue weighted by molar-refractivity contribution is 9.10. The molecule has 2 nitrogen and oxygen atoms in total. The lowest BCUT2D eigenvalue weighted by atomic mass is 10.2. The molecule has 0 amide bonds. The van der Waals surface area contributed by atoms with E-state index in [1.54, 1.807) is 6.07 Å². The van der Waals surface area contributed by atoms with E-state index in [-0.39, 0.29) is 5.82 Å². The van der Waals surface area contributed by atoms with Crippen LogP contribution >= 0.6 is 15.9 Å². The SMILES string of the molecule is CC(C)N1CCCNc2cc(F)c(Br)cc21. The molecule has 2 rings (SSSR count). The van der Waals surface area contributed by atoms with Crippen LogP contribution in [-0.2, 0) is 0 Å². The van der Waals surface area contributed by atoms with Crippen molar-refractivity contribution in [3.8, 4) is 0 Å². The minimum atomic E-state index is -0.211. The smallest absolute Gasteiger partial charge is 0.139 e. The van der Waals surface area contributed by atoms with Gasteiger partial charge in [-0.1, -0.05) is 0 Å². The molecule has 1 aromatic rings. The number of nitrogens with zero attached hydrogens (tertiary/aromatic N) is 1. The largest absolute Gasteiger partial charge is 0.383 e. The lowest BCUT2D eigenvalue weighted by Gasteiger charge is -2.28. The van der Waals surface area contributed by atoms with Crippen LogP contribution in [0.2, 0.25) is 0 Å². The summed E-state index contributed by atoms with van der Waals surface area (Å²) in [5, 5.41) is 3.28. The molecule has 0 atom stereocenters. The summed E-state index contributed by atoms with van der Waals surface area (Å²) in [6, 6.07) is 3.86. The molecule has 1 aliphatic rings. The van der Waals surface area contributed by atoms with Gasteiger partial charge in [-0.25, -0.2) is 4.39 Å². The van der Waals surface area contributed by atoms with Crippen LogP contribution in [0.25, 0.3) is 0 Å². The normalized spacial score (nSPS) is 15.7. The van der Waals surface area contributed by atoms with Crippen LogP contribution in [0.15, 0.2) is 16.6 Å². The number of nitrogens with one attached hydrogen (secondary N) is 1. The molecule has 88 valence electrons. The number of anilines is 2. The van der Waals surface area contributed by atoms with Gasteiger partial charge in [0.05, 0.1) is 15.8 Å². The Kier molecular flexibility index (Phi) is 3.38. The fourth-order valence-corrected chi connectivity index (χ4v) is 2.38. The number of halogens is 2. The first-order valence-corrected chi connectivity index (χ1v) is 6.38. The van der Waals surface area contributed by atoms with E-state index in [9.17, 15) is 4.39 Å². The minimum absolute atomic E-state index is 0.211. The molecular formula is C12H16BrFN2. The van der Waals surface area contributed by atoms with E-state index < -0.39 is 0 Å². The lowest BCUT2D eigenvalue weighted by molar-refractivity contribution is 0.620. The number of benzene rings is 1. The molecule has 0 fully saturated rings. The Labute approximate surface area is 104 Å². The van der Waals surface area contributed by atoms with Crippen molar-refractivity contribution in [2.75, 3.05) is 23.3 Å². The van der Waals surface area contributed by atoms with Crippen LogP contribution < -0.4 is 10.2 Å². The average molecular weight is 287 g/mol. The summed E-state index contributed by atoms with van der Waals surface area (Å²) in [7, 11) is 0. The van der Waals surface area contributed by atoms with Gasteiger partial charge in [-0.15, -0.1) is 0 Å². The van der Waals surface area contributed by atoms with E-state index in [0.717, 1.165) is 30.9 Å². The minimum Gasteiger partial charge on any atom is -0.383 e. The average Bonchev–Trinajstić information content (AvgIpc) is 2.41. The van der Waals surface area contributed by atoms with Crippen LogP contribution in [0.1, 0.15) is 20.3 Å². The predicted molar refractivity (Wildman–Crippen MR) is 69.7 cm³/mol. The zero-order valence-electron chi connectivity index (χ0n) is 9.56. The first kappa shape index (κ1) is 11.7. The molecular weight excluding hydrogens is 271 g/mol. The molecule has 0 aromatic heterocycles. The summed E-state index contributed by atoms with van der Waals surface area (Å²) in [4.78, 5) is 2.31. The molecule has 0 spiro atoms. The van der Waals surface area contributed by atoms with Gasteiger partial charge in [0, 0.05) is 25.2 Å². The maximum absolute atomic E-state index is 13.5. The monoisotopic (exact) mass is 286 g/mol. The van der Waals surface area contributed by atoms with Crippen molar-refractivity contribution in [3.05, 3.63) is 22.4 Å². The second-order valence-corrected chi connectivity index (χ2v) is 5.21. The zero-order valence-corrected chi connectivity index (χ0v) is 11.1. The first-order chi connectivity index (χ1) is 7.59. The van der Waals surface area contributed by atoms with Crippen LogP contribution in [0.4, 0.5) is 15.8 Å². The quantitative estimate of drug-likeness (QED) is 0.848. The lowest BCUT2D eigenvalue weighted by Crippen LogP contribution is -2.31. The first-order valence-electron chi connectivity index (χ1n) is 5.59. The van der Waals surface area contributed by atoms with Crippen molar-refractivity contribution in [3.63, 3.8) is 0 Å². The molecule has 1 aliphatic heterocycles. The summed E-state index contributed by atoms with van der Waals surface area (Å²) >= 11 is 3.25. The number of fused-ring (bicyclic) bond motifs is 1. The number of hydrogen-bond donors (Lipinski definition) is 1. The van der Waals surface area contributed by atoms with Crippen molar-refractivity contribution in [1.82, 2.24) is 0 Å². The van der Waals surface area contributed by atoms with Crippen molar-refractivity contribution < 1.29 is 4.39 Å². The van der Waals surface area contributed by atoms with Crippen LogP contribution in [-0.4, -0.2) is 19.1 Å². The number of hydrogen-bond acceptors (Lipinski definition) is 2. The van der Waals surface area contributed by atoms with Gasteiger partial charge in [0.2, 0.25) is 0 Å². The summed E-state index contributed by atoms with van der Waals surface area (Å²) in [5.74, 6) is -0.211. The maximum Gasteiger partial charge on any atom is 0.139 e. The Hall–Kier alpha value is -0.770. The van der Waals surface area contributed by atoms with Crippen molar-refractivity contribution in [1.29, 1.82) is 0 Å². The fourth-order valence-electron chi connectivity index (χ4n) is 2.04. The van der Waals surface area contributed by atoms with Gasteiger partial charge in [0.15, 0.2) is 0 Å². The van der Waals surface area contributed by atoms with E-state index in [2.05, 4.69) is 40.0 Å². The van der Waals surface area contributed by atoms with Gasteiger partial charge >= 0.3 is 0 Å². The number of rotatable bonds is 1. The van der Waals surface area contributed by atoms with Crippen molar-refractivity contribution in [2.45, 2.75) is 26.3 Å². The second-order valence-electron chi connectivity index (χ2n) is 4.35. The van der Waals surface area contributed by atoms with Gasteiger partial charge in [0.1, 0.15) is 5.82 Å². The van der Waals surface area contributed by atoms with Crippen LogP contribution in [0.5, 0.6) is 0 Å². The highest BCUT2D eigenvalue weighted by atomic mass is 79.9. The molecule has 1 heterocycles. The summed E-state index contributed by atoms with van der Waals surface area (Å²) in [5.41, 5.74) is 1.98. The van der Waals surface area contributed by atoms with E-state index in [1.165, 1.54) is 0 Å². The Morgan fingerprint density at radius 1 is 1.44 bits per heavy atom. The third kappa shape index (κ3) is 2.17. The Morgan fingerprint density at radius 2 is 2.19 bits per heavy atom. The van der Waals surface area contributed by atoms with Gasteiger partial charge in [-0.2, -0.15) is 0 Å². The fraction of sp³-hybridized carbons (Fsp3) is 0.500. The summed E-state index contributed by atoms with van der Waals surface area (Å²) < 4.78 is 14.0. The van der Waals surface area contributed by atoms with E-state index in [0.29, 0.717) is 10.5 Å². The van der Waals surface area contributed by atoms with Gasteiger partial charge in [0.25, 0.3) is 0 Å². The highest BCUT2D eigenvalue weighted by Crippen LogP contribution is 2.34. The summed E-state index contributed by atoms with van der Waals surface area (Å²) in [6.45, 7) is 6.23. The molecule has 0 bridgehead atoms. The molecule has 0 saturated carbocycles. The van der Waals surface area contributed by atoms with Crippen molar-refractivity contribution in [2.24, 2.45) is 0 Å². The van der Waals surface area contributed by atoms with E-state index >= 15 is 0 Å². The van der Waals surface area contributed by atoms with Crippen LogP contribution in [0.3, 0.4) is 0 Å². The molecule has 0 radical (unpaired) electrons. The molecule has 4 heteroatoms. The second kappa shape index (κ2) is 4.62. The van der Waals surface area contributed by atoms with Crippen molar-refractivity contribution >= 4 is 27.3 Å². The molecule has 0 aliphatic carbocycles. The molecule has 0 unspecified atom stereocenters. The third-order valence-corrected chi connectivity index (χ3v) is 3.47. The zero-order chi connectivity index (χ0) is 11.7. The van der Waals surface area contributed by atoms with Gasteiger partial charge < -0.3 is 10.2 Å². The predicted octanol–water partition coefficient (Wildman–Crippen LogP) is 3.62. The Bertz CT molecular complexity index is 393. The molecule has 0 saturated heterocycles. The van der Waals surface area contributed by atoms with Gasteiger partial charge in [-0.3, -0.25) is 0 Å². The Morgan fingerprint density at radius 3 is 2.88 bits per heavy atom.